The Bertz CT molecular complexity index is 556. The van der Waals surface area contributed by atoms with Crippen LogP contribution in [0.25, 0.3) is 0 Å². The van der Waals surface area contributed by atoms with Crippen molar-refractivity contribution in [1.82, 2.24) is 5.32 Å². The van der Waals surface area contributed by atoms with E-state index < -0.39 is 0 Å². The minimum Gasteiger partial charge on any atom is -0.345 e. The lowest BCUT2D eigenvalue weighted by Crippen LogP contribution is -2.26. The zero-order valence-electron chi connectivity index (χ0n) is 11.6. The Kier molecular flexibility index (Phi) is 4.38. The van der Waals surface area contributed by atoms with Crippen LogP contribution in [0.15, 0.2) is 35.7 Å². The molecular weight excluding hydrogens is 254 g/mol. The van der Waals surface area contributed by atoms with Crippen LogP contribution in [0.5, 0.6) is 0 Å². The highest BCUT2D eigenvalue weighted by Gasteiger charge is 2.14. The molecule has 0 aliphatic rings. The normalized spacial score (nSPS) is 12.2. The summed E-state index contributed by atoms with van der Waals surface area (Å²) in [4.78, 5) is 12.9. The third kappa shape index (κ3) is 3.24. The number of hydrogen-bond donors (Lipinski definition) is 1. The molecule has 0 aliphatic heterocycles. The molecule has 0 radical (unpaired) electrons. The molecule has 100 valence electrons. The quantitative estimate of drug-likeness (QED) is 0.892. The smallest absolute Gasteiger partial charge is 0.262 e. The summed E-state index contributed by atoms with van der Waals surface area (Å²) in [6.45, 7) is 6.12. The Balaban J connectivity index is 2.06. The number of rotatable bonds is 4. The first-order valence-electron chi connectivity index (χ1n) is 6.55. The van der Waals surface area contributed by atoms with Crippen LogP contribution in [-0.4, -0.2) is 5.91 Å². The highest BCUT2D eigenvalue weighted by atomic mass is 32.1. The zero-order chi connectivity index (χ0) is 13.8. The van der Waals surface area contributed by atoms with E-state index in [1.807, 2.05) is 25.3 Å². The number of nitrogens with one attached hydrogen (secondary N) is 1. The van der Waals surface area contributed by atoms with Crippen molar-refractivity contribution in [2.45, 2.75) is 33.2 Å². The number of aryl methyl sites for hydroxylation is 2. The predicted octanol–water partition coefficient (Wildman–Crippen LogP) is 4.11. The molecule has 0 spiro atoms. The van der Waals surface area contributed by atoms with E-state index in [2.05, 4.69) is 36.5 Å². The van der Waals surface area contributed by atoms with Gasteiger partial charge in [0, 0.05) is 0 Å². The van der Waals surface area contributed by atoms with Gasteiger partial charge in [-0.25, -0.2) is 0 Å². The first-order chi connectivity index (χ1) is 9.11. The average Bonchev–Trinajstić information content (AvgIpc) is 2.85. The molecule has 0 fully saturated rings. The van der Waals surface area contributed by atoms with Gasteiger partial charge in [0.15, 0.2) is 0 Å². The number of benzene rings is 1. The van der Waals surface area contributed by atoms with Crippen molar-refractivity contribution in [1.29, 1.82) is 0 Å². The zero-order valence-corrected chi connectivity index (χ0v) is 12.4. The highest BCUT2D eigenvalue weighted by Crippen LogP contribution is 2.18. The molecule has 1 aromatic heterocycles. The molecule has 0 saturated heterocycles. The van der Waals surface area contributed by atoms with Crippen LogP contribution in [0, 0.1) is 6.92 Å². The average molecular weight is 273 g/mol. The number of hydrogen-bond acceptors (Lipinski definition) is 2. The first kappa shape index (κ1) is 13.8. The number of carbonyl (C=O) groups excluding carboxylic acids is 1. The van der Waals surface area contributed by atoms with Crippen LogP contribution in [0.2, 0.25) is 0 Å². The fourth-order valence-corrected chi connectivity index (χ4v) is 2.82. The van der Waals surface area contributed by atoms with E-state index in [9.17, 15) is 4.79 Å². The molecule has 2 rings (SSSR count). The van der Waals surface area contributed by atoms with Crippen molar-refractivity contribution < 1.29 is 4.79 Å². The van der Waals surface area contributed by atoms with Crippen molar-refractivity contribution in [3.05, 3.63) is 57.3 Å². The Morgan fingerprint density at radius 3 is 2.47 bits per heavy atom. The SMILES string of the molecule is CCc1ccc(C(C)NC(=O)c2sccc2C)cc1. The number of amides is 1. The molecule has 3 heteroatoms. The summed E-state index contributed by atoms with van der Waals surface area (Å²) >= 11 is 1.49. The molecule has 2 aromatic rings. The van der Waals surface area contributed by atoms with Gasteiger partial charge >= 0.3 is 0 Å². The van der Waals surface area contributed by atoms with E-state index >= 15 is 0 Å². The van der Waals surface area contributed by atoms with Gasteiger partial charge in [0.05, 0.1) is 10.9 Å². The Morgan fingerprint density at radius 1 is 1.26 bits per heavy atom. The summed E-state index contributed by atoms with van der Waals surface area (Å²) in [6.07, 6.45) is 1.04. The van der Waals surface area contributed by atoms with Gasteiger partial charge in [-0.1, -0.05) is 31.2 Å². The van der Waals surface area contributed by atoms with Crippen LogP contribution in [-0.2, 0) is 6.42 Å². The van der Waals surface area contributed by atoms with E-state index in [1.165, 1.54) is 16.9 Å². The number of carbonyl (C=O) groups is 1. The predicted molar refractivity (Wildman–Crippen MR) is 80.8 cm³/mol. The maximum atomic E-state index is 12.1. The Hall–Kier alpha value is -1.61. The monoisotopic (exact) mass is 273 g/mol. The second-order valence-corrected chi connectivity index (χ2v) is 5.64. The maximum absolute atomic E-state index is 12.1. The topological polar surface area (TPSA) is 29.1 Å². The molecule has 0 aliphatic carbocycles. The maximum Gasteiger partial charge on any atom is 0.262 e. The minimum atomic E-state index is 0.0135. The molecular formula is C16H19NOS. The van der Waals surface area contributed by atoms with Gasteiger partial charge in [0.2, 0.25) is 0 Å². The lowest BCUT2D eigenvalue weighted by atomic mass is 10.0. The molecule has 0 bridgehead atoms. The summed E-state index contributed by atoms with van der Waals surface area (Å²) < 4.78 is 0. The third-order valence-corrected chi connectivity index (χ3v) is 4.32. The van der Waals surface area contributed by atoms with E-state index in [0.29, 0.717) is 0 Å². The highest BCUT2D eigenvalue weighted by molar-refractivity contribution is 7.12. The van der Waals surface area contributed by atoms with Gasteiger partial charge in [0.25, 0.3) is 5.91 Å². The molecule has 19 heavy (non-hydrogen) atoms. The van der Waals surface area contributed by atoms with Gasteiger partial charge in [0.1, 0.15) is 0 Å². The van der Waals surface area contributed by atoms with Crippen LogP contribution < -0.4 is 5.32 Å². The lowest BCUT2D eigenvalue weighted by Gasteiger charge is -2.14. The Labute approximate surface area is 118 Å². The van der Waals surface area contributed by atoms with Crippen molar-refractivity contribution in [3.8, 4) is 0 Å². The second kappa shape index (κ2) is 6.02. The second-order valence-electron chi connectivity index (χ2n) is 4.72. The first-order valence-corrected chi connectivity index (χ1v) is 7.43. The molecule has 1 amide bonds. The van der Waals surface area contributed by atoms with Crippen LogP contribution in [0.4, 0.5) is 0 Å². The van der Waals surface area contributed by atoms with Crippen molar-refractivity contribution in [2.24, 2.45) is 0 Å². The van der Waals surface area contributed by atoms with Crippen LogP contribution in [0.1, 0.15) is 46.3 Å². The van der Waals surface area contributed by atoms with Gasteiger partial charge in [-0.2, -0.15) is 0 Å². The Morgan fingerprint density at radius 2 is 1.95 bits per heavy atom. The van der Waals surface area contributed by atoms with Crippen LogP contribution in [0.3, 0.4) is 0 Å². The molecule has 1 aromatic carbocycles. The van der Waals surface area contributed by atoms with E-state index in [-0.39, 0.29) is 11.9 Å². The molecule has 1 atom stereocenters. The van der Waals surface area contributed by atoms with E-state index in [1.54, 1.807) is 0 Å². The van der Waals surface area contributed by atoms with Crippen molar-refractivity contribution >= 4 is 17.2 Å². The van der Waals surface area contributed by atoms with Crippen molar-refractivity contribution in [3.63, 3.8) is 0 Å². The minimum absolute atomic E-state index is 0.0135. The summed E-state index contributed by atoms with van der Waals surface area (Å²) in [5.74, 6) is 0.0135. The fraction of sp³-hybridized carbons (Fsp3) is 0.312. The standard InChI is InChI=1S/C16H19NOS/c1-4-13-5-7-14(8-6-13)12(3)17-16(18)15-11(2)9-10-19-15/h5-10,12H,4H2,1-3H3,(H,17,18). The molecule has 1 heterocycles. The van der Waals surface area contributed by atoms with E-state index in [0.717, 1.165) is 22.4 Å². The van der Waals surface area contributed by atoms with Crippen LogP contribution >= 0.6 is 11.3 Å². The van der Waals surface area contributed by atoms with Gasteiger partial charge in [-0.15, -0.1) is 11.3 Å². The van der Waals surface area contributed by atoms with Gasteiger partial charge < -0.3 is 5.32 Å². The third-order valence-electron chi connectivity index (χ3n) is 3.30. The lowest BCUT2D eigenvalue weighted by molar-refractivity contribution is 0.0943. The summed E-state index contributed by atoms with van der Waals surface area (Å²) in [6, 6.07) is 10.4. The van der Waals surface area contributed by atoms with E-state index in [4.69, 9.17) is 0 Å². The molecule has 0 saturated carbocycles. The fourth-order valence-electron chi connectivity index (χ4n) is 1.99. The number of thiophene rings is 1. The molecule has 1 N–H and O–H groups in total. The summed E-state index contributed by atoms with van der Waals surface area (Å²) in [7, 11) is 0. The van der Waals surface area contributed by atoms with Crippen molar-refractivity contribution in [2.75, 3.05) is 0 Å². The van der Waals surface area contributed by atoms with Gasteiger partial charge in [-0.05, 0) is 48.4 Å². The molecule has 1 unspecified atom stereocenters. The largest absolute Gasteiger partial charge is 0.345 e. The van der Waals surface area contributed by atoms with Gasteiger partial charge in [-0.3, -0.25) is 4.79 Å². The molecule has 2 nitrogen and oxygen atoms in total. The summed E-state index contributed by atoms with van der Waals surface area (Å²) in [5, 5.41) is 5.00. The summed E-state index contributed by atoms with van der Waals surface area (Å²) in [5.41, 5.74) is 3.49.